The number of rotatable bonds is 3. The molecule has 0 aliphatic rings. The van der Waals surface area contributed by atoms with Crippen molar-refractivity contribution in [2.24, 2.45) is 7.05 Å². The summed E-state index contributed by atoms with van der Waals surface area (Å²) >= 11 is 0. The second-order valence-corrected chi connectivity index (χ2v) is 10.7. The van der Waals surface area contributed by atoms with Crippen LogP contribution in [0.1, 0.15) is 11.3 Å². The molecule has 2 heterocycles. The standard InChI is InChI=1S/C15H19FN4Si/c1-20-11-13(9-19-20)17-10-15-14(16)7-12(8-18-15)5-6-21(2,3)4/h7-9,11,17H,10H2,1-4H3. The average molecular weight is 302 g/mol. The van der Waals surface area contributed by atoms with Crippen molar-refractivity contribution >= 4 is 13.8 Å². The molecule has 0 aliphatic heterocycles. The molecule has 0 amide bonds. The van der Waals surface area contributed by atoms with E-state index in [4.69, 9.17) is 0 Å². The maximum absolute atomic E-state index is 14.0. The Bertz CT molecular complexity index is 692. The molecule has 0 spiro atoms. The van der Waals surface area contributed by atoms with E-state index >= 15 is 0 Å². The van der Waals surface area contributed by atoms with Crippen LogP contribution in [0.25, 0.3) is 0 Å². The van der Waals surface area contributed by atoms with Gasteiger partial charge < -0.3 is 5.32 Å². The van der Waals surface area contributed by atoms with E-state index in [1.807, 2.05) is 13.2 Å². The molecule has 0 unspecified atom stereocenters. The number of nitrogens with one attached hydrogen (secondary N) is 1. The smallest absolute Gasteiger partial charge is 0.147 e. The zero-order valence-electron chi connectivity index (χ0n) is 12.7. The summed E-state index contributed by atoms with van der Waals surface area (Å²) in [6.45, 7) is 6.77. The van der Waals surface area contributed by atoms with E-state index in [0.29, 0.717) is 17.8 Å². The van der Waals surface area contributed by atoms with Crippen molar-refractivity contribution in [2.75, 3.05) is 5.32 Å². The van der Waals surface area contributed by atoms with Gasteiger partial charge >= 0.3 is 0 Å². The number of aromatic nitrogens is 3. The summed E-state index contributed by atoms with van der Waals surface area (Å²) in [5.74, 6) is 2.67. The number of anilines is 1. The molecule has 6 heteroatoms. The predicted molar refractivity (Wildman–Crippen MR) is 85.0 cm³/mol. The molecule has 0 saturated carbocycles. The zero-order chi connectivity index (χ0) is 15.5. The molecule has 0 saturated heterocycles. The number of pyridine rings is 1. The lowest BCUT2D eigenvalue weighted by molar-refractivity contribution is 0.602. The van der Waals surface area contributed by atoms with E-state index < -0.39 is 8.07 Å². The highest BCUT2D eigenvalue weighted by molar-refractivity contribution is 6.83. The Labute approximate surface area is 125 Å². The van der Waals surface area contributed by atoms with Gasteiger partial charge in [0.05, 0.1) is 24.1 Å². The monoisotopic (exact) mass is 302 g/mol. The summed E-state index contributed by atoms with van der Waals surface area (Å²) in [5, 5.41) is 7.12. The van der Waals surface area contributed by atoms with Crippen molar-refractivity contribution in [2.45, 2.75) is 26.2 Å². The van der Waals surface area contributed by atoms with Crippen LogP contribution in [0.3, 0.4) is 0 Å². The van der Waals surface area contributed by atoms with Gasteiger partial charge in [0.2, 0.25) is 0 Å². The molecule has 21 heavy (non-hydrogen) atoms. The molecule has 0 radical (unpaired) electrons. The summed E-state index contributed by atoms with van der Waals surface area (Å²) in [7, 11) is 0.368. The van der Waals surface area contributed by atoms with Gasteiger partial charge in [-0.3, -0.25) is 9.67 Å². The maximum Gasteiger partial charge on any atom is 0.147 e. The summed E-state index contributed by atoms with van der Waals surface area (Å²) in [6, 6.07) is 1.44. The van der Waals surface area contributed by atoms with Crippen molar-refractivity contribution < 1.29 is 4.39 Å². The molecule has 4 nitrogen and oxygen atoms in total. The number of halogens is 1. The van der Waals surface area contributed by atoms with E-state index in [-0.39, 0.29) is 5.82 Å². The van der Waals surface area contributed by atoms with Crippen LogP contribution < -0.4 is 5.32 Å². The summed E-state index contributed by atoms with van der Waals surface area (Å²) < 4.78 is 15.7. The van der Waals surface area contributed by atoms with Crippen LogP contribution in [0.2, 0.25) is 19.6 Å². The molecule has 0 aliphatic carbocycles. The van der Waals surface area contributed by atoms with Crippen LogP contribution in [0.15, 0.2) is 24.7 Å². The molecule has 110 valence electrons. The minimum Gasteiger partial charge on any atom is -0.377 e. The van der Waals surface area contributed by atoms with Crippen LogP contribution in [0.4, 0.5) is 10.1 Å². The van der Waals surface area contributed by atoms with E-state index in [2.05, 4.69) is 46.5 Å². The summed E-state index contributed by atoms with van der Waals surface area (Å²) in [5.41, 5.74) is 5.03. The highest BCUT2D eigenvalue weighted by Gasteiger charge is 2.09. The summed E-state index contributed by atoms with van der Waals surface area (Å²) in [4.78, 5) is 4.15. The van der Waals surface area contributed by atoms with E-state index in [1.54, 1.807) is 17.1 Å². The van der Waals surface area contributed by atoms with Gasteiger partial charge in [-0.05, 0) is 6.07 Å². The molecule has 2 aromatic heterocycles. The number of hydrogen-bond donors (Lipinski definition) is 1. The molecule has 2 rings (SSSR count). The average Bonchev–Trinajstić information content (AvgIpc) is 2.80. The van der Waals surface area contributed by atoms with Gasteiger partial charge in [-0.2, -0.15) is 5.10 Å². The predicted octanol–water partition coefficient (Wildman–Crippen LogP) is 2.80. The molecule has 0 aromatic carbocycles. The Morgan fingerprint density at radius 3 is 2.67 bits per heavy atom. The van der Waals surface area contributed by atoms with Gasteiger partial charge in [-0.15, -0.1) is 5.54 Å². The third-order valence-corrected chi connectivity index (χ3v) is 3.54. The Morgan fingerprint density at radius 2 is 2.10 bits per heavy atom. The maximum atomic E-state index is 14.0. The lowest BCUT2D eigenvalue weighted by Crippen LogP contribution is -2.16. The second kappa shape index (κ2) is 6.10. The van der Waals surface area contributed by atoms with Crippen molar-refractivity contribution in [3.05, 3.63) is 41.7 Å². The van der Waals surface area contributed by atoms with E-state index in [1.165, 1.54) is 6.07 Å². The largest absolute Gasteiger partial charge is 0.377 e. The first-order valence-electron chi connectivity index (χ1n) is 6.73. The molecular weight excluding hydrogens is 283 g/mol. The minimum atomic E-state index is -1.46. The molecular formula is C15H19FN4Si. The Kier molecular flexibility index (Phi) is 4.43. The van der Waals surface area contributed by atoms with Crippen LogP contribution in [-0.2, 0) is 13.6 Å². The Morgan fingerprint density at radius 1 is 1.33 bits per heavy atom. The molecule has 0 atom stereocenters. The number of hydrogen-bond acceptors (Lipinski definition) is 3. The van der Waals surface area contributed by atoms with Crippen molar-refractivity contribution in [3.63, 3.8) is 0 Å². The third-order valence-electron chi connectivity index (χ3n) is 2.66. The number of nitrogens with zero attached hydrogens (tertiary/aromatic N) is 3. The molecule has 0 bridgehead atoms. The Hall–Kier alpha value is -2.13. The fourth-order valence-electron chi connectivity index (χ4n) is 1.62. The first-order chi connectivity index (χ1) is 9.83. The van der Waals surface area contributed by atoms with Crippen molar-refractivity contribution in [3.8, 4) is 11.5 Å². The van der Waals surface area contributed by atoms with Crippen LogP contribution in [0.5, 0.6) is 0 Å². The third kappa shape index (κ3) is 4.72. The van der Waals surface area contributed by atoms with E-state index in [9.17, 15) is 4.39 Å². The van der Waals surface area contributed by atoms with Crippen LogP contribution >= 0.6 is 0 Å². The first-order valence-corrected chi connectivity index (χ1v) is 10.2. The van der Waals surface area contributed by atoms with Crippen molar-refractivity contribution in [1.29, 1.82) is 0 Å². The van der Waals surface area contributed by atoms with Crippen LogP contribution in [-0.4, -0.2) is 22.8 Å². The SMILES string of the molecule is Cn1cc(NCc2ncc(C#C[Si](C)(C)C)cc2F)cn1. The van der Waals surface area contributed by atoms with E-state index in [0.717, 1.165) is 5.69 Å². The lowest BCUT2D eigenvalue weighted by atomic mass is 10.2. The highest BCUT2D eigenvalue weighted by atomic mass is 28.3. The lowest BCUT2D eigenvalue weighted by Gasteiger charge is -2.05. The normalized spacial score (nSPS) is 10.9. The fourth-order valence-corrected chi connectivity index (χ4v) is 2.14. The van der Waals surface area contributed by atoms with Gasteiger partial charge in [0, 0.05) is 25.0 Å². The molecule has 1 N–H and O–H groups in total. The topological polar surface area (TPSA) is 42.7 Å². The highest BCUT2D eigenvalue weighted by Crippen LogP contribution is 2.10. The fraction of sp³-hybridized carbons (Fsp3) is 0.333. The van der Waals surface area contributed by atoms with Crippen molar-refractivity contribution in [1.82, 2.24) is 14.8 Å². The van der Waals surface area contributed by atoms with Gasteiger partial charge in [0.25, 0.3) is 0 Å². The number of aryl methyl sites for hydroxylation is 1. The quantitative estimate of drug-likeness (QED) is 0.700. The first kappa shape index (κ1) is 15.3. The molecule has 0 fully saturated rings. The minimum absolute atomic E-state index is 0.319. The second-order valence-electron chi connectivity index (χ2n) is 5.91. The van der Waals surface area contributed by atoms with Gasteiger partial charge in [-0.1, -0.05) is 25.6 Å². The Balaban J connectivity index is 2.06. The van der Waals surface area contributed by atoms with Gasteiger partial charge in [0.15, 0.2) is 0 Å². The van der Waals surface area contributed by atoms with Crippen LogP contribution in [0, 0.1) is 17.3 Å². The van der Waals surface area contributed by atoms with Gasteiger partial charge in [-0.25, -0.2) is 4.39 Å². The zero-order valence-corrected chi connectivity index (χ0v) is 13.7. The molecule has 2 aromatic rings. The summed E-state index contributed by atoms with van der Waals surface area (Å²) in [6.07, 6.45) is 5.13. The van der Waals surface area contributed by atoms with Gasteiger partial charge in [0.1, 0.15) is 13.9 Å².